The van der Waals surface area contributed by atoms with Gasteiger partial charge in [0.05, 0.1) is 0 Å². The molecule has 0 saturated heterocycles. The molecule has 2 rings (SSSR count). The van der Waals surface area contributed by atoms with Crippen LogP contribution in [-0.2, 0) is 7.05 Å². The third-order valence-corrected chi connectivity index (χ3v) is 2.96. The van der Waals surface area contributed by atoms with Gasteiger partial charge >= 0.3 is 0 Å². The molecule has 1 aromatic carbocycles. The monoisotopic (exact) mass is 219 g/mol. The lowest BCUT2D eigenvalue weighted by Crippen LogP contribution is -1.92. The second kappa shape index (κ2) is 4.27. The van der Waals surface area contributed by atoms with Crippen molar-refractivity contribution in [2.45, 2.75) is 10.1 Å². The SMILES string of the molecule is Cn1ncnc1Sc1ccc(C=O)cc1. The summed E-state index contributed by atoms with van der Waals surface area (Å²) in [6, 6.07) is 7.35. The molecule has 0 bridgehead atoms. The number of hydrogen-bond acceptors (Lipinski definition) is 4. The zero-order valence-electron chi connectivity index (χ0n) is 8.12. The molecule has 0 aliphatic heterocycles. The minimum atomic E-state index is 0.678. The first-order valence-electron chi connectivity index (χ1n) is 4.36. The number of nitrogens with zero attached hydrogens (tertiary/aromatic N) is 3. The van der Waals surface area contributed by atoms with Crippen LogP contribution in [0.1, 0.15) is 10.4 Å². The summed E-state index contributed by atoms with van der Waals surface area (Å²) in [7, 11) is 1.84. The first-order chi connectivity index (χ1) is 7.29. The van der Waals surface area contributed by atoms with E-state index in [1.165, 1.54) is 18.1 Å². The molecule has 2 aromatic rings. The van der Waals surface area contributed by atoms with Crippen LogP contribution in [0.25, 0.3) is 0 Å². The van der Waals surface area contributed by atoms with E-state index in [9.17, 15) is 4.79 Å². The lowest BCUT2D eigenvalue weighted by atomic mass is 10.2. The quantitative estimate of drug-likeness (QED) is 0.738. The predicted octanol–water partition coefficient (Wildman–Crippen LogP) is 1.78. The zero-order valence-corrected chi connectivity index (χ0v) is 8.94. The van der Waals surface area contributed by atoms with Crippen molar-refractivity contribution in [3.63, 3.8) is 0 Å². The third-order valence-electron chi connectivity index (χ3n) is 1.90. The number of aryl methyl sites for hydroxylation is 1. The molecule has 0 N–H and O–H groups in total. The molecule has 4 nitrogen and oxygen atoms in total. The van der Waals surface area contributed by atoms with Crippen molar-refractivity contribution in [1.29, 1.82) is 0 Å². The van der Waals surface area contributed by atoms with Crippen LogP contribution < -0.4 is 0 Å². The van der Waals surface area contributed by atoms with E-state index in [-0.39, 0.29) is 0 Å². The van der Waals surface area contributed by atoms with Gasteiger partial charge in [-0.1, -0.05) is 23.9 Å². The largest absolute Gasteiger partial charge is 0.298 e. The van der Waals surface area contributed by atoms with E-state index in [1.54, 1.807) is 16.8 Å². The molecule has 0 aliphatic carbocycles. The Kier molecular flexibility index (Phi) is 2.82. The Labute approximate surface area is 91.3 Å². The highest BCUT2D eigenvalue weighted by Gasteiger charge is 2.02. The summed E-state index contributed by atoms with van der Waals surface area (Å²) in [5.41, 5.74) is 0.678. The Bertz CT molecular complexity index is 464. The van der Waals surface area contributed by atoms with Crippen LogP contribution in [0.5, 0.6) is 0 Å². The molecule has 0 atom stereocenters. The van der Waals surface area contributed by atoms with Crippen LogP contribution in [0.15, 0.2) is 40.6 Å². The van der Waals surface area contributed by atoms with Crippen molar-refractivity contribution < 1.29 is 4.79 Å². The summed E-state index contributed by atoms with van der Waals surface area (Å²) in [6.07, 6.45) is 2.35. The minimum Gasteiger partial charge on any atom is -0.298 e. The molecule has 0 spiro atoms. The van der Waals surface area contributed by atoms with Crippen LogP contribution in [0.4, 0.5) is 0 Å². The fourth-order valence-electron chi connectivity index (χ4n) is 1.10. The van der Waals surface area contributed by atoms with E-state index in [1.807, 2.05) is 19.2 Å². The van der Waals surface area contributed by atoms with Crippen molar-refractivity contribution in [2.75, 3.05) is 0 Å². The first kappa shape index (κ1) is 9.92. The van der Waals surface area contributed by atoms with Crippen molar-refractivity contribution >= 4 is 18.0 Å². The molecule has 1 heterocycles. The molecule has 0 amide bonds. The maximum absolute atomic E-state index is 10.5. The Morgan fingerprint density at radius 2 is 2.07 bits per heavy atom. The molecule has 0 unspecified atom stereocenters. The molecule has 76 valence electrons. The Morgan fingerprint density at radius 1 is 1.33 bits per heavy atom. The highest BCUT2D eigenvalue weighted by molar-refractivity contribution is 7.99. The smallest absolute Gasteiger partial charge is 0.190 e. The van der Waals surface area contributed by atoms with E-state index >= 15 is 0 Å². The van der Waals surface area contributed by atoms with Crippen LogP contribution >= 0.6 is 11.8 Å². The van der Waals surface area contributed by atoms with Crippen molar-refractivity contribution in [3.8, 4) is 0 Å². The lowest BCUT2D eigenvalue weighted by Gasteiger charge is -1.99. The summed E-state index contributed by atoms with van der Waals surface area (Å²) in [5, 5.41) is 4.80. The van der Waals surface area contributed by atoms with Crippen LogP contribution in [0, 0.1) is 0 Å². The van der Waals surface area contributed by atoms with E-state index in [0.717, 1.165) is 16.3 Å². The van der Waals surface area contributed by atoms with Crippen molar-refractivity contribution in [1.82, 2.24) is 14.8 Å². The second-order valence-corrected chi connectivity index (χ2v) is 4.00. The zero-order chi connectivity index (χ0) is 10.7. The minimum absolute atomic E-state index is 0.678. The first-order valence-corrected chi connectivity index (χ1v) is 5.18. The number of benzene rings is 1. The number of rotatable bonds is 3. The summed E-state index contributed by atoms with van der Waals surface area (Å²) in [6.45, 7) is 0. The van der Waals surface area contributed by atoms with Gasteiger partial charge < -0.3 is 0 Å². The van der Waals surface area contributed by atoms with E-state index in [4.69, 9.17) is 0 Å². The van der Waals surface area contributed by atoms with Gasteiger partial charge in [-0.05, 0) is 12.1 Å². The van der Waals surface area contributed by atoms with Gasteiger partial charge in [-0.15, -0.1) is 0 Å². The van der Waals surface area contributed by atoms with Crippen LogP contribution in [0.3, 0.4) is 0 Å². The summed E-state index contributed by atoms with van der Waals surface area (Å²) in [4.78, 5) is 15.6. The van der Waals surface area contributed by atoms with Gasteiger partial charge in [-0.2, -0.15) is 5.10 Å². The Balaban J connectivity index is 2.18. The molecule has 15 heavy (non-hydrogen) atoms. The van der Waals surface area contributed by atoms with Gasteiger partial charge in [-0.3, -0.25) is 4.79 Å². The molecular weight excluding hydrogens is 210 g/mol. The maximum Gasteiger partial charge on any atom is 0.190 e. The Hall–Kier alpha value is -1.62. The average Bonchev–Trinajstić information content (AvgIpc) is 2.66. The fourth-order valence-corrected chi connectivity index (χ4v) is 1.86. The molecule has 0 radical (unpaired) electrons. The highest BCUT2D eigenvalue weighted by Crippen LogP contribution is 2.24. The van der Waals surface area contributed by atoms with Crippen molar-refractivity contribution in [2.24, 2.45) is 7.05 Å². The average molecular weight is 219 g/mol. The molecule has 0 fully saturated rings. The number of carbonyl (C=O) groups excluding carboxylic acids is 1. The highest BCUT2D eigenvalue weighted by atomic mass is 32.2. The Morgan fingerprint density at radius 3 is 2.60 bits per heavy atom. The number of hydrogen-bond donors (Lipinski definition) is 0. The summed E-state index contributed by atoms with van der Waals surface area (Å²) < 4.78 is 1.71. The maximum atomic E-state index is 10.5. The summed E-state index contributed by atoms with van der Waals surface area (Å²) >= 11 is 1.51. The van der Waals surface area contributed by atoms with Crippen molar-refractivity contribution in [3.05, 3.63) is 36.2 Å². The van der Waals surface area contributed by atoms with E-state index in [2.05, 4.69) is 10.1 Å². The van der Waals surface area contributed by atoms with Crippen LogP contribution in [-0.4, -0.2) is 21.1 Å². The van der Waals surface area contributed by atoms with Gasteiger partial charge in [0.1, 0.15) is 12.6 Å². The number of aromatic nitrogens is 3. The van der Waals surface area contributed by atoms with Gasteiger partial charge in [0.2, 0.25) is 0 Å². The third kappa shape index (κ3) is 2.24. The second-order valence-electron chi connectivity index (χ2n) is 2.96. The van der Waals surface area contributed by atoms with E-state index in [0.29, 0.717) is 5.56 Å². The lowest BCUT2D eigenvalue weighted by molar-refractivity contribution is 0.112. The van der Waals surface area contributed by atoms with Gasteiger partial charge in [0.15, 0.2) is 5.16 Å². The predicted molar refractivity (Wildman–Crippen MR) is 57.0 cm³/mol. The molecule has 0 aliphatic rings. The normalized spacial score (nSPS) is 10.2. The van der Waals surface area contributed by atoms with Gasteiger partial charge in [0, 0.05) is 17.5 Å². The number of aldehydes is 1. The van der Waals surface area contributed by atoms with Gasteiger partial charge in [0.25, 0.3) is 0 Å². The standard InChI is InChI=1S/C10H9N3OS/c1-13-10(11-7-12-13)15-9-4-2-8(6-14)3-5-9/h2-7H,1H3. The van der Waals surface area contributed by atoms with Crippen LogP contribution in [0.2, 0.25) is 0 Å². The molecular formula is C10H9N3OS. The summed E-state index contributed by atoms with van der Waals surface area (Å²) in [5.74, 6) is 0. The van der Waals surface area contributed by atoms with E-state index < -0.39 is 0 Å². The number of carbonyl (C=O) groups is 1. The van der Waals surface area contributed by atoms with Gasteiger partial charge in [-0.25, -0.2) is 9.67 Å². The molecule has 0 saturated carbocycles. The molecule has 5 heteroatoms. The topological polar surface area (TPSA) is 47.8 Å². The fraction of sp³-hybridized carbons (Fsp3) is 0.100. The molecule has 1 aromatic heterocycles.